The minimum Gasteiger partial charge on any atom is -0.497 e. The van der Waals surface area contributed by atoms with Crippen LogP contribution in [0.4, 0.5) is 0 Å². The van der Waals surface area contributed by atoms with Gasteiger partial charge < -0.3 is 4.74 Å². The van der Waals surface area contributed by atoms with Crippen LogP contribution >= 0.6 is 11.8 Å². The summed E-state index contributed by atoms with van der Waals surface area (Å²) in [6.07, 6.45) is 2.10. The Morgan fingerprint density at radius 2 is 1.61 bits per heavy atom. The molecule has 2 heteroatoms. The number of rotatable bonds is 4. The zero-order valence-corrected chi connectivity index (χ0v) is 11.4. The summed E-state index contributed by atoms with van der Waals surface area (Å²) in [6.45, 7) is 2.10. The Morgan fingerprint density at radius 3 is 2.22 bits per heavy atom. The molecule has 0 bridgehead atoms. The van der Waals surface area contributed by atoms with Crippen LogP contribution in [0.25, 0.3) is 6.08 Å². The lowest BCUT2D eigenvalue weighted by Crippen LogP contribution is -1.81. The molecule has 0 saturated carbocycles. The fourth-order valence-electron chi connectivity index (χ4n) is 1.52. The lowest BCUT2D eigenvalue weighted by atomic mass is 10.2. The van der Waals surface area contributed by atoms with Crippen molar-refractivity contribution in [2.24, 2.45) is 0 Å². The second kappa shape index (κ2) is 6.31. The Kier molecular flexibility index (Phi) is 4.48. The van der Waals surface area contributed by atoms with E-state index in [0.29, 0.717) is 0 Å². The van der Waals surface area contributed by atoms with E-state index in [9.17, 15) is 0 Å². The molecule has 0 saturated heterocycles. The topological polar surface area (TPSA) is 9.23 Å². The molecule has 0 fully saturated rings. The fraction of sp³-hybridized carbons (Fsp3) is 0.125. The van der Waals surface area contributed by atoms with Gasteiger partial charge in [0.2, 0.25) is 0 Å². The number of ether oxygens (including phenoxy) is 1. The summed E-state index contributed by atoms with van der Waals surface area (Å²) in [5.74, 6) is 0.887. The number of thioether (sulfide) groups is 1. The molecule has 0 aliphatic heterocycles. The molecular weight excluding hydrogens is 240 g/mol. The van der Waals surface area contributed by atoms with Crippen molar-refractivity contribution in [2.45, 2.75) is 11.8 Å². The van der Waals surface area contributed by atoms with Gasteiger partial charge in [-0.3, -0.25) is 0 Å². The number of aryl methyl sites for hydroxylation is 1. The van der Waals surface area contributed by atoms with Crippen LogP contribution in [-0.4, -0.2) is 7.11 Å². The SMILES string of the molecule is COc1ccc(/C=C\Sc2ccc(C)cc2)cc1. The van der Waals surface area contributed by atoms with Crippen LogP contribution in [0.3, 0.4) is 0 Å². The van der Waals surface area contributed by atoms with Crippen LogP contribution in [0.5, 0.6) is 5.75 Å². The molecule has 2 rings (SSSR count). The lowest BCUT2D eigenvalue weighted by Gasteiger charge is -1.99. The smallest absolute Gasteiger partial charge is 0.118 e. The molecule has 18 heavy (non-hydrogen) atoms. The van der Waals surface area contributed by atoms with E-state index in [2.05, 4.69) is 42.7 Å². The first-order chi connectivity index (χ1) is 8.78. The first-order valence-corrected chi connectivity index (χ1v) is 6.70. The quantitative estimate of drug-likeness (QED) is 0.729. The zero-order chi connectivity index (χ0) is 12.8. The van der Waals surface area contributed by atoms with Crippen molar-refractivity contribution in [3.8, 4) is 5.75 Å². The van der Waals surface area contributed by atoms with Crippen molar-refractivity contribution >= 4 is 17.8 Å². The number of methoxy groups -OCH3 is 1. The Hall–Kier alpha value is -1.67. The number of hydrogen-bond acceptors (Lipinski definition) is 2. The van der Waals surface area contributed by atoms with Crippen LogP contribution in [0.1, 0.15) is 11.1 Å². The van der Waals surface area contributed by atoms with E-state index < -0.39 is 0 Å². The van der Waals surface area contributed by atoms with Gasteiger partial charge in [0.15, 0.2) is 0 Å². The highest BCUT2D eigenvalue weighted by atomic mass is 32.2. The third-order valence-corrected chi connectivity index (χ3v) is 3.42. The van der Waals surface area contributed by atoms with Gasteiger partial charge in [-0.25, -0.2) is 0 Å². The largest absolute Gasteiger partial charge is 0.497 e. The van der Waals surface area contributed by atoms with Crippen LogP contribution in [0.15, 0.2) is 58.8 Å². The molecule has 0 aliphatic carbocycles. The van der Waals surface area contributed by atoms with Gasteiger partial charge in [0.25, 0.3) is 0 Å². The van der Waals surface area contributed by atoms with Crippen molar-refractivity contribution in [3.05, 3.63) is 65.1 Å². The van der Waals surface area contributed by atoms with Crippen LogP contribution in [0.2, 0.25) is 0 Å². The lowest BCUT2D eigenvalue weighted by molar-refractivity contribution is 0.415. The van der Waals surface area contributed by atoms with E-state index in [4.69, 9.17) is 4.74 Å². The molecule has 0 atom stereocenters. The summed E-state index contributed by atoms with van der Waals surface area (Å²) >= 11 is 1.72. The average Bonchev–Trinajstić information content (AvgIpc) is 2.42. The van der Waals surface area contributed by atoms with Crippen LogP contribution in [-0.2, 0) is 0 Å². The fourth-order valence-corrected chi connectivity index (χ4v) is 2.20. The third-order valence-electron chi connectivity index (χ3n) is 2.60. The van der Waals surface area contributed by atoms with Gasteiger partial charge in [-0.1, -0.05) is 41.6 Å². The standard InChI is InChI=1S/C16H16OS/c1-13-3-9-16(10-4-13)18-12-11-14-5-7-15(17-2)8-6-14/h3-12H,1-2H3/b12-11-. The summed E-state index contributed by atoms with van der Waals surface area (Å²) in [5, 5.41) is 2.10. The zero-order valence-electron chi connectivity index (χ0n) is 10.6. The van der Waals surface area contributed by atoms with Crippen molar-refractivity contribution in [1.29, 1.82) is 0 Å². The highest BCUT2D eigenvalue weighted by Gasteiger charge is 1.91. The van der Waals surface area contributed by atoms with Gasteiger partial charge in [-0.2, -0.15) is 0 Å². The maximum atomic E-state index is 5.12. The highest BCUT2D eigenvalue weighted by molar-refractivity contribution is 8.02. The van der Waals surface area contributed by atoms with Gasteiger partial charge in [-0.15, -0.1) is 0 Å². The molecular formula is C16H16OS. The van der Waals surface area contributed by atoms with E-state index in [1.54, 1.807) is 18.9 Å². The molecule has 0 unspecified atom stereocenters. The summed E-state index contributed by atoms with van der Waals surface area (Å²) < 4.78 is 5.12. The van der Waals surface area contributed by atoms with Crippen molar-refractivity contribution in [2.75, 3.05) is 7.11 Å². The minimum absolute atomic E-state index is 0.887. The van der Waals surface area contributed by atoms with Crippen molar-refractivity contribution < 1.29 is 4.74 Å². The third kappa shape index (κ3) is 3.67. The summed E-state index contributed by atoms with van der Waals surface area (Å²) in [4.78, 5) is 1.25. The Bertz CT molecular complexity index is 512. The monoisotopic (exact) mass is 256 g/mol. The van der Waals surface area contributed by atoms with E-state index in [-0.39, 0.29) is 0 Å². The molecule has 1 nitrogen and oxygen atoms in total. The summed E-state index contributed by atoms with van der Waals surface area (Å²) in [7, 11) is 1.68. The van der Waals surface area contributed by atoms with Crippen LogP contribution in [0, 0.1) is 6.92 Å². The van der Waals surface area contributed by atoms with Gasteiger partial charge in [-0.05, 0) is 48.2 Å². The summed E-state index contributed by atoms with van der Waals surface area (Å²) in [5.41, 5.74) is 2.47. The van der Waals surface area contributed by atoms with E-state index in [0.717, 1.165) is 5.75 Å². The molecule has 0 aromatic heterocycles. The molecule has 0 spiro atoms. The molecule has 0 aliphatic rings. The molecule has 0 N–H and O–H groups in total. The normalized spacial score (nSPS) is 10.8. The predicted molar refractivity (Wildman–Crippen MR) is 79.1 cm³/mol. The molecule has 0 heterocycles. The molecule has 0 radical (unpaired) electrons. The van der Waals surface area contributed by atoms with Gasteiger partial charge in [0.05, 0.1) is 7.11 Å². The highest BCUT2D eigenvalue weighted by Crippen LogP contribution is 2.21. The second-order valence-electron chi connectivity index (χ2n) is 4.01. The molecule has 92 valence electrons. The van der Waals surface area contributed by atoms with E-state index >= 15 is 0 Å². The van der Waals surface area contributed by atoms with E-state index in [1.165, 1.54) is 16.0 Å². The predicted octanol–water partition coefficient (Wildman–Crippen LogP) is 4.77. The second-order valence-corrected chi connectivity index (χ2v) is 4.99. The minimum atomic E-state index is 0.887. The molecule has 2 aromatic rings. The average molecular weight is 256 g/mol. The first-order valence-electron chi connectivity index (χ1n) is 5.82. The van der Waals surface area contributed by atoms with Crippen LogP contribution < -0.4 is 4.74 Å². The Balaban J connectivity index is 1.96. The maximum absolute atomic E-state index is 5.12. The number of hydrogen-bond donors (Lipinski definition) is 0. The Labute approximate surface area is 112 Å². The Morgan fingerprint density at radius 1 is 0.944 bits per heavy atom. The first kappa shape index (κ1) is 12.8. The van der Waals surface area contributed by atoms with E-state index in [1.807, 2.05) is 24.3 Å². The molecule has 0 amide bonds. The maximum Gasteiger partial charge on any atom is 0.118 e. The van der Waals surface area contributed by atoms with Crippen molar-refractivity contribution in [3.63, 3.8) is 0 Å². The summed E-state index contributed by atoms with van der Waals surface area (Å²) in [6, 6.07) is 16.6. The number of benzene rings is 2. The van der Waals surface area contributed by atoms with Gasteiger partial charge in [0, 0.05) is 4.90 Å². The van der Waals surface area contributed by atoms with Gasteiger partial charge in [0.1, 0.15) is 5.75 Å². The van der Waals surface area contributed by atoms with Crippen molar-refractivity contribution in [1.82, 2.24) is 0 Å². The molecule has 2 aromatic carbocycles. The van der Waals surface area contributed by atoms with Gasteiger partial charge >= 0.3 is 0 Å².